The van der Waals surface area contributed by atoms with Gasteiger partial charge in [-0.25, -0.2) is 4.79 Å². The van der Waals surface area contributed by atoms with Crippen molar-refractivity contribution in [2.24, 2.45) is 0 Å². The highest BCUT2D eigenvalue weighted by atomic mass is 31.2. The normalized spacial score (nSPS) is 17.2. The standard InChI is InChI=1S/C18H19N2O3P/c1-15(14-18(21)22)24(23)19(16-8-4-2-5-9-16)12-13-20(24)17-10-6-3-7-11-17/h2-11,14,23H,12-13H2,1H3/p+1/b15-14-. The zero-order valence-electron chi connectivity index (χ0n) is 13.4. The molecule has 0 atom stereocenters. The van der Waals surface area contributed by atoms with Gasteiger partial charge in [-0.05, 0) is 24.3 Å². The maximum Gasteiger partial charge on any atom is 0.362 e. The molecule has 2 aromatic carbocycles. The molecule has 6 heteroatoms. The number of carboxylic acids is 1. The van der Waals surface area contributed by atoms with Crippen molar-refractivity contribution in [3.05, 3.63) is 72.1 Å². The van der Waals surface area contributed by atoms with E-state index in [4.69, 9.17) is 5.11 Å². The summed E-state index contributed by atoms with van der Waals surface area (Å²) in [5.74, 6) is -1.05. The van der Waals surface area contributed by atoms with Crippen molar-refractivity contribution in [2.75, 3.05) is 22.4 Å². The van der Waals surface area contributed by atoms with E-state index in [9.17, 15) is 9.69 Å². The maximum absolute atomic E-state index is 11.7. The number of allylic oxidation sites excluding steroid dienone is 1. The van der Waals surface area contributed by atoms with E-state index in [1.54, 1.807) is 6.92 Å². The number of rotatable bonds is 4. The van der Waals surface area contributed by atoms with Gasteiger partial charge in [-0.15, -0.1) is 0 Å². The van der Waals surface area contributed by atoms with Crippen LogP contribution in [0.2, 0.25) is 0 Å². The third kappa shape index (κ3) is 2.88. The lowest BCUT2D eigenvalue weighted by atomic mass is 10.3. The Hall–Kier alpha value is -2.36. The van der Waals surface area contributed by atoms with Crippen LogP contribution in [0.15, 0.2) is 72.1 Å². The Bertz CT molecular complexity index is 702. The van der Waals surface area contributed by atoms with Crippen molar-refractivity contribution in [3.63, 3.8) is 0 Å². The van der Waals surface area contributed by atoms with Crippen LogP contribution in [0, 0.1) is 0 Å². The quantitative estimate of drug-likeness (QED) is 0.654. The van der Waals surface area contributed by atoms with Crippen molar-refractivity contribution < 1.29 is 14.8 Å². The second-order valence-corrected chi connectivity index (χ2v) is 8.42. The minimum absolute atomic E-state index is 0.472. The molecular weight excluding hydrogens is 323 g/mol. The number of carboxylic acid groups (broad SMARTS) is 1. The molecule has 1 fully saturated rings. The lowest BCUT2D eigenvalue weighted by Crippen LogP contribution is -2.25. The largest absolute Gasteiger partial charge is 0.478 e. The average Bonchev–Trinajstić information content (AvgIpc) is 2.94. The molecule has 0 aromatic heterocycles. The van der Waals surface area contributed by atoms with Crippen LogP contribution in [-0.2, 0) is 4.79 Å². The van der Waals surface area contributed by atoms with Crippen LogP contribution in [0.1, 0.15) is 6.92 Å². The van der Waals surface area contributed by atoms with Gasteiger partial charge in [-0.3, -0.25) is 0 Å². The first-order chi connectivity index (χ1) is 11.5. The molecule has 1 aliphatic rings. The summed E-state index contributed by atoms with van der Waals surface area (Å²) >= 11 is 0. The van der Waals surface area contributed by atoms with Gasteiger partial charge in [-0.1, -0.05) is 36.4 Å². The summed E-state index contributed by atoms with van der Waals surface area (Å²) in [5.41, 5.74) is 1.79. The van der Waals surface area contributed by atoms with Crippen molar-refractivity contribution in [1.82, 2.24) is 0 Å². The lowest BCUT2D eigenvalue weighted by molar-refractivity contribution is -0.131. The Balaban J connectivity index is 2.10. The molecule has 0 aliphatic carbocycles. The maximum atomic E-state index is 11.7. The van der Waals surface area contributed by atoms with Crippen LogP contribution >= 0.6 is 7.79 Å². The van der Waals surface area contributed by atoms with Crippen LogP contribution in [0.5, 0.6) is 0 Å². The molecule has 0 saturated carbocycles. The average molecular weight is 343 g/mol. The van der Waals surface area contributed by atoms with E-state index in [2.05, 4.69) is 0 Å². The summed E-state index contributed by atoms with van der Waals surface area (Å²) in [4.78, 5) is 22.9. The first kappa shape index (κ1) is 16.5. The van der Waals surface area contributed by atoms with E-state index >= 15 is 0 Å². The summed E-state index contributed by atoms with van der Waals surface area (Å²) in [5, 5.41) is 9.64. The molecule has 1 aliphatic heterocycles. The van der Waals surface area contributed by atoms with Crippen LogP contribution in [-0.4, -0.2) is 29.1 Å². The third-order valence-corrected chi connectivity index (χ3v) is 7.39. The highest BCUT2D eigenvalue weighted by Gasteiger charge is 2.58. The number of benzene rings is 2. The Labute approximate surface area is 142 Å². The fraction of sp³-hybridized carbons (Fsp3) is 0.167. The number of carbonyl (C=O) groups is 1. The molecule has 2 aromatic rings. The number of nitrogens with zero attached hydrogens (tertiary/aromatic N) is 2. The van der Waals surface area contributed by atoms with E-state index < -0.39 is 13.8 Å². The van der Waals surface area contributed by atoms with Crippen molar-refractivity contribution in [2.45, 2.75) is 6.92 Å². The van der Waals surface area contributed by atoms with Gasteiger partial charge in [0.1, 0.15) is 0 Å². The molecule has 0 radical (unpaired) electrons. The molecular formula is C18H20N2O3P+. The van der Waals surface area contributed by atoms with Gasteiger partial charge in [-0.2, -0.15) is 14.2 Å². The van der Waals surface area contributed by atoms with E-state index in [1.165, 1.54) is 0 Å². The molecule has 1 saturated heterocycles. The number of hydrogen-bond donors (Lipinski definition) is 2. The molecule has 24 heavy (non-hydrogen) atoms. The number of aliphatic carboxylic acids is 1. The van der Waals surface area contributed by atoms with Crippen LogP contribution < -0.4 is 9.34 Å². The fourth-order valence-corrected chi connectivity index (χ4v) is 5.98. The number of anilines is 2. The predicted molar refractivity (Wildman–Crippen MR) is 98.1 cm³/mol. The molecule has 0 spiro atoms. The van der Waals surface area contributed by atoms with Crippen LogP contribution in [0.3, 0.4) is 0 Å². The molecule has 0 amide bonds. The second kappa shape index (κ2) is 6.63. The summed E-state index contributed by atoms with van der Waals surface area (Å²) < 4.78 is 3.88. The number of para-hydroxylation sites is 2. The molecule has 0 bridgehead atoms. The first-order valence-electron chi connectivity index (χ1n) is 7.73. The Morgan fingerprint density at radius 3 is 1.75 bits per heavy atom. The zero-order chi connectivity index (χ0) is 17.2. The summed E-state index contributed by atoms with van der Waals surface area (Å²) in [7, 11) is -2.98. The summed E-state index contributed by atoms with van der Waals surface area (Å²) in [6, 6.07) is 19.3. The van der Waals surface area contributed by atoms with Crippen molar-refractivity contribution in [3.8, 4) is 0 Å². The monoisotopic (exact) mass is 343 g/mol. The van der Waals surface area contributed by atoms with Crippen molar-refractivity contribution >= 4 is 25.1 Å². The van der Waals surface area contributed by atoms with Crippen LogP contribution in [0.25, 0.3) is 0 Å². The van der Waals surface area contributed by atoms with E-state index in [1.807, 2.05) is 70.0 Å². The molecule has 1 heterocycles. The van der Waals surface area contributed by atoms with E-state index in [0.29, 0.717) is 18.4 Å². The minimum atomic E-state index is -2.98. The summed E-state index contributed by atoms with van der Waals surface area (Å²) in [6.45, 7) is 2.96. The van der Waals surface area contributed by atoms with Crippen molar-refractivity contribution in [1.29, 1.82) is 0 Å². The topological polar surface area (TPSA) is 64.0 Å². The lowest BCUT2D eigenvalue weighted by Gasteiger charge is -2.31. The highest BCUT2D eigenvalue weighted by Crippen LogP contribution is 2.71. The molecule has 5 nitrogen and oxygen atoms in total. The van der Waals surface area contributed by atoms with Crippen LogP contribution in [0.4, 0.5) is 11.4 Å². The third-order valence-electron chi connectivity index (χ3n) is 4.11. The van der Waals surface area contributed by atoms with Gasteiger partial charge < -0.3 is 5.11 Å². The van der Waals surface area contributed by atoms with Gasteiger partial charge in [0.15, 0.2) is 5.31 Å². The zero-order valence-corrected chi connectivity index (χ0v) is 14.3. The predicted octanol–water partition coefficient (Wildman–Crippen LogP) is 3.76. The summed E-state index contributed by atoms with van der Waals surface area (Å²) in [6.07, 6.45) is 1.12. The molecule has 2 N–H and O–H groups in total. The van der Waals surface area contributed by atoms with Gasteiger partial charge in [0, 0.05) is 6.92 Å². The SMILES string of the molecule is C/C(=C/C(=O)O)[P+]1(O)N(c2ccccc2)CCN1c1ccccc1. The first-order valence-corrected chi connectivity index (χ1v) is 9.38. The van der Waals surface area contributed by atoms with Gasteiger partial charge in [0.2, 0.25) is 0 Å². The molecule has 124 valence electrons. The van der Waals surface area contributed by atoms with E-state index in [-0.39, 0.29) is 0 Å². The smallest absolute Gasteiger partial charge is 0.362 e. The molecule has 0 unspecified atom stereocenters. The Kier molecular flexibility index (Phi) is 4.56. The highest BCUT2D eigenvalue weighted by molar-refractivity contribution is 7.77. The Morgan fingerprint density at radius 2 is 1.38 bits per heavy atom. The van der Waals surface area contributed by atoms with Gasteiger partial charge in [0.05, 0.1) is 30.5 Å². The van der Waals surface area contributed by atoms with E-state index in [0.717, 1.165) is 17.5 Å². The fourth-order valence-electron chi connectivity index (χ4n) is 3.03. The second-order valence-electron chi connectivity index (χ2n) is 5.61. The molecule has 3 rings (SSSR count). The Morgan fingerprint density at radius 1 is 0.958 bits per heavy atom. The minimum Gasteiger partial charge on any atom is -0.478 e. The van der Waals surface area contributed by atoms with Gasteiger partial charge in [0.25, 0.3) is 0 Å². The number of hydrogen-bond acceptors (Lipinski definition) is 4. The van der Waals surface area contributed by atoms with Gasteiger partial charge >= 0.3 is 13.8 Å².